The van der Waals surface area contributed by atoms with Gasteiger partial charge in [-0.1, -0.05) is 61.9 Å². The second-order valence-corrected chi connectivity index (χ2v) is 5.64. The second-order valence-electron chi connectivity index (χ2n) is 5.64. The molecule has 2 N–H and O–H groups in total. The molecule has 0 aliphatic rings. The molecule has 0 amide bonds. The molecule has 0 heterocycles. The SMILES string of the molecule is Cc1ccc(NC(CO)(c2ccccc2)C(C)C)cc1. The minimum atomic E-state index is -0.462. The molecule has 1 unspecified atom stereocenters. The maximum atomic E-state index is 10.1. The van der Waals surface area contributed by atoms with E-state index >= 15 is 0 Å². The molecule has 0 fully saturated rings. The predicted molar refractivity (Wildman–Crippen MR) is 84.8 cm³/mol. The average Bonchev–Trinajstić information content (AvgIpc) is 2.47. The second kappa shape index (κ2) is 6.10. The Hall–Kier alpha value is -1.80. The molecular formula is C18H23NO. The van der Waals surface area contributed by atoms with Gasteiger partial charge in [-0.2, -0.15) is 0 Å². The van der Waals surface area contributed by atoms with Crippen LogP contribution in [0.2, 0.25) is 0 Å². The first-order valence-corrected chi connectivity index (χ1v) is 7.10. The van der Waals surface area contributed by atoms with Crippen LogP contribution in [0.25, 0.3) is 0 Å². The van der Waals surface area contributed by atoms with Gasteiger partial charge in [-0.05, 0) is 30.5 Å². The molecule has 20 heavy (non-hydrogen) atoms. The van der Waals surface area contributed by atoms with E-state index in [2.05, 4.69) is 62.5 Å². The number of hydrogen-bond acceptors (Lipinski definition) is 2. The molecule has 2 nitrogen and oxygen atoms in total. The highest BCUT2D eigenvalue weighted by atomic mass is 16.3. The lowest BCUT2D eigenvalue weighted by Crippen LogP contribution is -2.44. The fourth-order valence-corrected chi connectivity index (χ4v) is 2.49. The molecule has 0 bridgehead atoms. The Labute approximate surface area is 121 Å². The Balaban J connectivity index is 2.40. The summed E-state index contributed by atoms with van der Waals surface area (Å²) in [6.45, 7) is 6.39. The molecule has 2 aromatic carbocycles. The summed E-state index contributed by atoms with van der Waals surface area (Å²) in [6, 6.07) is 18.4. The lowest BCUT2D eigenvalue weighted by Gasteiger charge is -2.38. The first-order valence-electron chi connectivity index (χ1n) is 7.10. The highest BCUT2D eigenvalue weighted by molar-refractivity contribution is 5.49. The van der Waals surface area contributed by atoms with Crippen LogP contribution in [0.5, 0.6) is 0 Å². The molecule has 0 saturated heterocycles. The number of aliphatic hydroxyl groups excluding tert-OH is 1. The summed E-state index contributed by atoms with van der Waals surface area (Å²) < 4.78 is 0. The Morgan fingerprint density at radius 1 is 1.00 bits per heavy atom. The van der Waals surface area contributed by atoms with Crippen LogP contribution in [-0.4, -0.2) is 11.7 Å². The van der Waals surface area contributed by atoms with Crippen molar-refractivity contribution in [3.63, 3.8) is 0 Å². The van der Waals surface area contributed by atoms with Gasteiger partial charge in [0.2, 0.25) is 0 Å². The van der Waals surface area contributed by atoms with E-state index in [0.29, 0.717) is 0 Å². The number of benzene rings is 2. The fourth-order valence-electron chi connectivity index (χ4n) is 2.49. The van der Waals surface area contributed by atoms with Crippen molar-refractivity contribution in [1.82, 2.24) is 0 Å². The van der Waals surface area contributed by atoms with Crippen molar-refractivity contribution < 1.29 is 5.11 Å². The Morgan fingerprint density at radius 2 is 1.60 bits per heavy atom. The lowest BCUT2D eigenvalue weighted by atomic mass is 9.80. The molecule has 1 atom stereocenters. The normalized spacial score (nSPS) is 14.1. The maximum Gasteiger partial charge on any atom is 0.0879 e. The summed E-state index contributed by atoms with van der Waals surface area (Å²) in [5.41, 5.74) is 2.91. The van der Waals surface area contributed by atoms with Crippen molar-refractivity contribution in [2.75, 3.05) is 11.9 Å². The molecule has 0 saturated carbocycles. The van der Waals surface area contributed by atoms with E-state index in [1.807, 2.05) is 18.2 Å². The number of aryl methyl sites for hydroxylation is 1. The molecule has 0 spiro atoms. The Morgan fingerprint density at radius 3 is 2.10 bits per heavy atom. The van der Waals surface area contributed by atoms with Crippen molar-refractivity contribution in [3.8, 4) is 0 Å². The smallest absolute Gasteiger partial charge is 0.0879 e. The van der Waals surface area contributed by atoms with Crippen LogP contribution in [-0.2, 0) is 5.54 Å². The number of nitrogens with one attached hydrogen (secondary N) is 1. The summed E-state index contributed by atoms with van der Waals surface area (Å²) >= 11 is 0. The van der Waals surface area contributed by atoms with Gasteiger partial charge in [0.05, 0.1) is 12.1 Å². The zero-order valence-corrected chi connectivity index (χ0v) is 12.4. The van der Waals surface area contributed by atoms with E-state index < -0.39 is 5.54 Å². The standard InChI is InChI=1S/C18H23NO/c1-14(2)18(13-20,16-7-5-4-6-8-16)19-17-11-9-15(3)10-12-17/h4-12,14,19-20H,13H2,1-3H3. The number of aliphatic hydroxyl groups is 1. The highest BCUT2D eigenvalue weighted by Gasteiger charge is 2.34. The van der Waals surface area contributed by atoms with Crippen molar-refractivity contribution in [1.29, 1.82) is 0 Å². The minimum absolute atomic E-state index is 0.0581. The number of rotatable bonds is 5. The van der Waals surface area contributed by atoms with Crippen LogP contribution in [0.3, 0.4) is 0 Å². The third-order valence-electron chi connectivity index (χ3n) is 3.94. The summed E-state index contributed by atoms with van der Waals surface area (Å²) in [5, 5.41) is 13.6. The van der Waals surface area contributed by atoms with Crippen LogP contribution >= 0.6 is 0 Å². The first kappa shape index (κ1) is 14.6. The third-order valence-corrected chi connectivity index (χ3v) is 3.94. The Bertz CT molecular complexity index is 533. The van der Waals surface area contributed by atoms with E-state index in [4.69, 9.17) is 0 Å². The number of anilines is 1. The lowest BCUT2D eigenvalue weighted by molar-refractivity contribution is 0.172. The van der Waals surface area contributed by atoms with Crippen molar-refractivity contribution in [3.05, 3.63) is 65.7 Å². The molecule has 0 radical (unpaired) electrons. The fraction of sp³-hybridized carbons (Fsp3) is 0.333. The molecule has 2 heteroatoms. The van der Waals surface area contributed by atoms with Gasteiger partial charge in [-0.3, -0.25) is 0 Å². The quantitative estimate of drug-likeness (QED) is 0.861. The van der Waals surface area contributed by atoms with E-state index in [9.17, 15) is 5.11 Å². The molecule has 2 aromatic rings. The largest absolute Gasteiger partial charge is 0.394 e. The van der Waals surface area contributed by atoms with Crippen LogP contribution in [0.1, 0.15) is 25.0 Å². The van der Waals surface area contributed by atoms with E-state index in [-0.39, 0.29) is 12.5 Å². The summed E-state index contributed by atoms with van der Waals surface area (Å²) in [4.78, 5) is 0. The van der Waals surface area contributed by atoms with Gasteiger partial charge in [0, 0.05) is 5.69 Å². The van der Waals surface area contributed by atoms with Crippen LogP contribution < -0.4 is 5.32 Å². The van der Waals surface area contributed by atoms with E-state index in [1.165, 1.54) is 5.56 Å². The molecule has 0 aromatic heterocycles. The van der Waals surface area contributed by atoms with Crippen molar-refractivity contribution in [2.24, 2.45) is 5.92 Å². The molecule has 0 aliphatic heterocycles. The van der Waals surface area contributed by atoms with Gasteiger partial charge in [-0.25, -0.2) is 0 Å². The van der Waals surface area contributed by atoms with Gasteiger partial charge in [-0.15, -0.1) is 0 Å². The molecular weight excluding hydrogens is 246 g/mol. The van der Waals surface area contributed by atoms with Crippen LogP contribution in [0.4, 0.5) is 5.69 Å². The molecule has 2 rings (SSSR count). The van der Waals surface area contributed by atoms with Gasteiger partial charge in [0.25, 0.3) is 0 Å². The Kier molecular flexibility index (Phi) is 4.46. The molecule has 0 aliphatic carbocycles. The van der Waals surface area contributed by atoms with Crippen LogP contribution in [0.15, 0.2) is 54.6 Å². The van der Waals surface area contributed by atoms with E-state index in [0.717, 1.165) is 11.3 Å². The molecule has 106 valence electrons. The van der Waals surface area contributed by atoms with E-state index in [1.54, 1.807) is 0 Å². The first-order chi connectivity index (χ1) is 9.58. The summed E-state index contributed by atoms with van der Waals surface area (Å²) in [6.07, 6.45) is 0. The minimum Gasteiger partial charge on any atom is -0.394 e. The third kappa shape index (κ3) is 2.86. The van der Waals surface area contributed by atoms with Gasteiger partial charge in [0.15, 0.2) is 0 Å². The van der Waals surface area contributed by atoms with Crippen LogP contribution in [0, 0.1) is 12.8 Å². The zero-order valence-electron chi connectivity index (χ0n) is 12.4. The predicted octanol–water partition coefficient (Wildman–Crippen LogP) is 3.95. The topological polar surface area (TPSA) is 32.3 Å². The average molecular weight is 269 g/mol. The summed E-state index contributed by atoms with van der Waals surface area (Å²) in [5.74, 6) is 0.260. The van der Waals surface area contributed by atoms with Crippen molar-refractivity contribution >= 4 is 5.69 Å². The van der Waals surface area contributed by atoms with Gasteiger partial charge >= 0.3 is 0 Å². The summed E-state index contributed by atoms with van der Waals surface area (Å²) in [7, 11) is 0. The maximum absolute atomic E-state index is 10.1. The zero-order chi connectivity index (χ0) is 14.6. The monoisotopic (exact) mass is 269 g/mol. The number of hydrogen-bond donors (Lipinski definition) is 2. The van der Waals surface area contributed by atoms with Gasteiger partial charge in [0.1, 0.15) is 0 Å². The highest BCUT2D eigenvalue weighted by Crippen LogP contribution is 2.33. The van der Waals surface area contributed by atoms with Crippen molar-refractivity contribution in [2.45, 2.75) is 26.3 Å². The van der Waals surface area contributed by atoms with Gasteiger partial charge < -0.3 is 10.4 Å².